The normalized spacial score (nSPS) is 18.3. The molecule has 0 amide bonds. The predicted octanol–water partition coefficient (Wildman–Crippen LogP) is 2.05. The molecule has 1 aliphatic rings. The summed E-state index contributed by atoms with van der Waals surface area (Å²) in [5, 5.41) is 0. The fourth-order valence-electron chi connectivity index (χ4n) is 1.31. The van der Waals surface area contributed by atoms with Crippen molar-refractivity contribution >= 4 is 32.4 Å². The summed E-state index contributed by atoms with van der Waals surface area (Å²) < 4.78 is 28.5. The summed E-state index contributed by atoms with van der Waals surface area (Å²) in [5.41, 5.74) is 0.916. The van der Waals surface area contributed by atoms with Crippen LogP contribution in [-0.2, 0) is 16.8 Å². The van der Waals surface area contributed by atoms with Crippen LogP contribution in [0.1, 0.15) is 5.56 Å². The Bertz CT molecular complexity index is 537. The second kappa shape index (κ2) is 4.39. The topological polar surface area (TPSA) is 49.7 Å². The minimum Gasteiger partial charge on any atom is -0.253 e. The first kappa shape index (κ1) is 11.3. The van der Waals surface area contributed by atoms with E-state index in [1.807, 2.05) is 30.3 Å². The van der Waals surface area contributed by atoms with Gasteiger partial charge in [-0.15, -0.1) is 0 Å². The van der Waals surface area contributed by atoms with Gasteiger partial charge in [-0.3, -0.25) is 4.31 Å². The molecule has 1 aromatic carbocycles. The maximum atomic E-state index is 11.6. The van der Waals surface area contributed by atoms with Crippen molar-refractivity contribution in [3.8, 4) is 0 Å². The van der Waals surface area contributed by atoms with E-state index in [2.05, 4.69) is 20.3 Å². The molecule has 0 saturated carbocycles. The lowest BCUT2D eigenvalue weighted by Crippen LogP contribution is -2.26. The molecule has 0 aromatic heterocycles. The molecule has 4 nitrogen and oxygen atoms in total. The van der Waals surface area contributed by atoms with Crippen LogP contribution < -0.4 is 0 Å². The molecule has 0 N–H and O–H groups in total. The molecule has 0 fully saturated rings. The van der Waals surface area contributed by atoms with E-state index < -0.39 is 10.2 Å². The molecule has 0 unspecified atom stereocenters. The van der Waals surface area contributed by atoms with Crippen molar-refractivity contribution in [1.29, 1.82) is 0 Å². The minimum absolute atomic E-state index is 0.287. The first-order valence-corrected chi connectivity index (χ1v) is 6.75. The van der Waals surface area contributed by atoms with Gasteiger partial charge in [0, 0.05) is 6.20 Å². The van der Waals surface area contributed by atoms with Gasteiger partial charge < -0.3 is 0 Å². The molecule has 6 heteroatoms. The molecular weight excluding hydrogens is 292 g/mol. The summed E-state index contributed by atoms with van der Waals surface area (Å²) >= 11 is 3.20. The van der Waals surface area contributed by atoms with E-state index in [0.717, 1.165) is 5.56 Å². The maximum absolute atomic E-state index is 11.6. The third-order valence-electron chi connectivity index (χ3n) is 2.05. The van der Waals surface area contributed by atoms with Crippen LogP contribution in [0, 0.1) is 0 Å². The summed E-state index contributed by atoms with van der Waals surface area (Å²) in [6.07, 6.45) is 2.78. The third kappa shape index (κ3) is 2.51. The van der Waals surface area contributed by atoms with Gasteiger partial charge in [-0.1, -0.05) is 30.3 Å². The van der Waals surface area contributed by atoms with Crippen molar-refractivity contribution in [1.82, 2.24) is 4.31 Å². The van der Waals surface area contributed by atoms with Gasteiger partial charge in [0.25, 0.3) is 0 Å². The van der Waals surface area contributed by atoms with Crippen LogP contribution in [-0.4, -0.2) is 18.9 Å². The highest BCUT2D eigenvalue weighted by atomic mass is 79.9. The Kier molecular flexibility index (Phi) is 3.11. The fourth-order valence-corrected chi connectivity index (χ4v) is 2.85. The average Bonchev–Trinajstić information content (AvgIpc) is 2.26. The van der Waals surface area contributed by atoms with Gasteiger partial charge in [-0.25, -0.2) is 0 Å². The third-order valence-corrected chi connectivity index (χ3v) is 3.66. The van der Waals surface area contributed by atoms with Crippen LogP contribution in [0.3, 0.4) is 0 Å². The number of hydrogen-bond acceptors (Lipinski definition) is 2. The lowest BCUT2D eigenvalue weighted by molar-refractivity contribution is 0.495. The standard InChI is InChI=1S/C10H9BrN2O2S/c11-10-6-12-16(14,15)13(8-10)7-9-4-2-1-3-5-9/h1-6,8H,7H2. The zero-order valence-corrected chi connectivity index (χ0v) is 10.6. The molecule has 84 valence electrons. The highest BCUT2D eigenvalue weighted by Crippen LogP contribution is 2.18. The smallest absolute Gasteiger partial charge is 0.253 e. The molecule has 1 aromatic rings. The van der Waals surface area contributed by atoms with Crippen molar-refractivity contribution in [2.45, 2.75) is 6.54 Å². The summed E-state index contributed by atoms with van der Waals surface area (Å²) in [6.45, 7) is 0.287. The number of halogens is 1. The lowest BCUT2D eigenvalue weighted by atomic mass is 10.2. The minimum atomic E-state index is -3.56. The Morgan fingerprint density at radius 1 is 1.25 bits per heavy atom. The highest BCUT2D eigenvalue weighted by Gasteiger charge is 2.20. The molecule has 0 aliphatic carbocycles. The van der Waals surface area contributed by atoms with Gasteiger partial charge in [0.2, 0.25) is 0 Å². The summed E-state index contributed by atoms with van der Waals surface area (Å²) in [5.74, 6) is 0. The van der Waals surface area contributed by atoms with E-state index in [1.54, 1.807) is 0 Å². The Morgan fingerprint density at radius 3 is 2.62 bits per heavy atom. The van der Waals surface area contributed by atoms with E-state index >= 15 is 0 Å². The summed E-state index contributed by atoms with van der Waals surface area (Å²) in [6, 6.07) is 9.37. The first-order valence-electron chi connectivity index (χ1n) is 4.56. The van der Waals surface area contributed by atoms with Gasteiger partial charge in [0.05, 0.1) is 17.2 Å². The molecule has 0 radical (unpaired) electrons. The quantitative estimate of drug-likeness (QED) is 0.839. The predicted molar refractivity (Wildman–Crippen MR) is 66.4 cm³/mol. The number of rotatable bonds is 2. The van der Waals surface area contributed by atoms with Crippen LogP contribution in [0.4, 0.5) is 0 Å². The van der Waals surface area contributed by atoms with E-state index in [1.165, 1.54) is 16.7 Å². The van der Waals surface area contributed by atoms with E-state index in [-0.39, 0.29) is 6.54 Å². The zero-order chi connectivity index (χ0) is 11.6. The van der Waals surface area contributed by atoms with Crippen molar-refractivity contribution in [3.05, 3.63) is 46.6 Å². The first-order chi connectivity index (χ1) is 7.58. The van der Waals surface area contributed by atoms with Crippen molar-refractivity contribution < 1.29 is 8.42 Å². The largest absolute Gasteiger partial charge is 0.344 e. The van der Waals surface area contributed by atoms with Crippen molar-refractivity contribution in [3.63, 3.8) is 0 Å². The van der Waals surface area contributed by atoms with Crippen LogP contribution in [0.25, 0.3) is 0 Å². The second-order valence-corrected chi connectivity index (χ2v) is 5.75. The Hall–Kier alpha value is -1.14. The number of allylic oxidation sites excluding steroid dienone is 1. The molecule has 0 atom stereocenters. The Balaban J connectivity index is 2.25. The molecule has 16 heavy (non-hydrogen) atoms. The second-order valence-electron chi connectivity index (χ2n) is 3.26. The lowest BCUT2D eigenvalue weighted by Gasteiger charge is -2.20. The Labute approximate surface area is 103 Å². The highest BCUT2D eigenvalue weighted by molar-refractivity contribution is 9.12. The molecule has 2 rings (SSSR count). The molecule has 1 heterocycles. The molecule has 0 spiro atoms. The SMILES string of the molecule is O=S1(=O)N=CC(Br)=CN1Cc1ccccc1. The van der Waals surface area contributed by atoms with Gasteiger partial charge in [0.1, 0.15) is 0 Å². The van der Waals surface area contributed by atoms with Crippen LogP contribution in [0.2, 0.25) is 0 Å². The average molecular weight is 301 g/mol. The van der Waals surface area contributed by atoms with E-state index in [0.29, 0.717) is 4.48 Å². The zero-order valence-electron chi connectivity index (χ0n) is 8.25. The number of benzene rings is 1. The summed E-state index contributed by atoms with van der Waals surface area (Å²) in [4.78, 5) is 0. The van der Waals surface area contributed by atoms with Gasteiger partial charge in [-0.05, 0) is 21.5 Å². The number of nitrogens with zero attached hydrogens (tertiary/aromatic N) is 2. The molecule has 0 saturated heterocycles. The molecule has 0 bridgehead atoms. The van der Waals surface area contributed by atoms with Crippen LogP contribution in [0.5, 0.6) is 0 Å². The van der Waals surface area contributed by atoms with Gasteiger partial charge in [-0.2, -0.15) is 12.8 Å². The van der Waals surface area contributed by atoms with Crippen molar-refractivity contribution in [2.24, 2.45) is 4.40 Å². The molecular formula is C10H9BrN2O2S. The summed E-state index contributed by atoms with van der Waals surface area (Å²) in [7, 11) is -3.56. The molecule has 1 aliphatic heterocycles. The Morgan fingerprint density at radius 2 is 1.94 bits per heavy atom. The van der Waals surface area contributed by atoms with Crippen LogP contribution in [0.15, 0.2) is 45.4 Å². The van der Waals surface area contributed by atoms with E-state index in [9.17, 15) is 8.42 Å². The van der Waals surface area contributed by atoms with Gasteiger partial charge >= 0.3 is 10.2 Å². The fraction of sp³-hybridized carbons (Fsp3) is 0.100. The maximum Gasteiger partial charge on any atom is 0.344 e. The van der Waals surface area contributed by atoms with Gasteiger partial charge in [0.15, 0.2) is 0 Å². The van der Waals surface area contributed by atoms with E-state index in [4.69, 9.17) is 0 Å². The monoisotopic (exact) mass is 300 g/mol. The number of hydrogen-bond donors (Lipinski definition) is 0. The van der Waals surface area contributed by atoms with Crippen LogP contribution >= 0.6 is 15.9 Å². The van der Waals surface area contributed by atoms with Crippen molar-refractivity contribution in [2.75, 3.05) is 0 Å².